The maximum Gasteiger partial charge on any atom is 0.306 e. The van der Waals surface area contributed by atoms with E-state index in [0.29, 0.717) is 10.6 Å². The number of ether oxygens (including phenoxy) is 1. The third kappa shape index (κ3) is 4.28. The first kappa shape index (κ1) is 31.1. The van der Waals surface area contributed by atoms with Crippen LogP contribution in [0.25, 0.3) is 0 Å². The molecule has 3 fully saturated rings. The van der Waals surface area contributed by atoms with Crippen LogP contribution in [-0.4, -0.2) is 57.1 Å². The molecule has 0 radical (unpaired) electrons. The predicted octanol–water partition coefficient (Wildman–Crippen LogP) is 6.04. The van der Waals surface area contributed by atoms with Crippen molar-refractivity contribution in [2.24, 2.45) is 28.6 Å². The first-order chi connectivity index (χ1) is 19.7. The van der Waals surface area contributed by atoms with Crippen LogP contribution in [0.3, 0.4) is 0 Å². The van der Waals surface area contributed by atoms with E-state index in [2.05, 4.69) is 0 Å². The summed E-state index contributed by atoms with van der Waals surface area (Å²) in [4.78, 5) is 52.1. The third-order valence-corrected chi connectivity index (χ3v) is 11.8. The molecule has 3 saturated carbocycles. The molecule has 0 unspecified atom stereocenters. The van der Waals surface area contributed by atoms with Crippen LogP contribution in [-0.2, 0) is 19.1 Å². The highest BCUT2D eigenvalue weighted by atomic mass is 35.5. The molecule has 42 heavy (non-hydrogen) atoms. The van der Waals surface area contributed by atoms with Gasteiger partial charge in [-0.2, -0.15) is 0 Å². The van der Waals surface area contributed by atoms with Crippen LogP contribution in [0.2, 0.25) is 5.02 Å². The quantitative estimate of drug-likeness (QED) is 0.306. The minimum absolute atomic E-state index is 0.0125. The molecule has 0 amide bonds. The minimum atomic E-state index is -2.33. The van der Waals surface area contributed by atoms with Gasteiger partial charge in [0.25, 0.3) is 0 Å². The van der Waals surface area contributed by atoms with Crippen LogP contribution >= 0.6 is 23.4 Å². The van der Waals surface area contributed by atoms with Crippen LogP contribution in [0.5, 0.6) is 0 Å². The average molecular weight is 621 g/mol. The Kier molecular flexibility index (Phi) is 7.89. The number of ketones is 2. The molecule has 5 rings (SSSR count). The highest BCUT2D eigenvalue weighted by molar-refractivity contribution is 8.14. The Balaban J connectivity index is 1.54. The molecule has 6 nitrogen and oxygen atoms in total. The maximum atomic E-state index is 17.5. The summed E-state index contributed by atoms with van der Waals surface area (Å²) in [5, 5.41) is 11.6. The summed E-state index contributed by atoms with van der Waals surface area (Å²) in [6.45, 7) is 6.58. The van der Waals surface area contributed by atoms with E-state index in [1.165, 1.54) is 19.1 Å². The third-order valence-electron chi connectivity index (χ3n) is 10.5. The number of carbonyl (C=O) groups is 4. The second kappa shape index (κ2) is 10.7. The van der Waals surface area contributed by atoms with Crippen LogP contribution in [0.4, 0.5) is 8.78 Å². The fourth-order valence-corrected chi connectivity index (χ4v) is 9.67. The number of hydrogen-bond acceptors (Lipinski definition) is 7. The molecule has 0 aromatic heterocycles. The van der Waals surface area contributed by atoms with E-state index in [1.54, 1.807) is 45.0 Å². The highest BCUT2D eigenvalue weighted by Crippen LogP contribution is 2.72. The zero-order valence-electron chi connectivity index (χ0n) is 24.0. The Hall–Kier alpha value is -2.36. The van der Waals surface area contributed by atoms with Gasteiger partial charge in [0.1, 0.15) is 6.17 Å². The van der Waals surface area contributed by atoms with E-state index in [4.69, 9.17) is 16.3 Å². The highest BCUT2D eigenvalue weighted by Gasteiger charge is 2.78. The topological polar surface area (TPSA) is 97.7 Å². The number of alkyl halides is 2. The Labute approximate surface area is 253 Å². The number of rotatable bonds is 6. The normalized spacial score (nSPS) is 40.4. The van der Waals surface area contributed by atoms with Gasteiger partial charge in [-0.3, -0.25) is 19.2 Å². The second-order valence-electron chi connectivity index (χ2n) is 12.6. The molecule has 226 valence electrons. The molecule has 0 spiro atoms. The van der Waals surface area contributed by atoms with Crippen molar-refractivity contribution in [3.8, 4) is 0 Å². The number of benzene rings is 1. The Bertz CT molecular complexity index is 1400. The number of aliphatic hydroxyl groups is 1. The number of aliphatic hydroxyl groups excluding tert-OH is 1. The van der Waals surface area contributed by atoms with Crippen molar-refractivity contribution in [1.29, 1.82) is 0 Å². The largest absolute Gasteiger partial charge is 0.449 e. The smallest absolute Gasteiger partial charge is 0.306 e. The number of hydrogen-bond donors (Lipinski definition) is 1. The molecular weight excluding hydrogens is 586 g/mol. The van der Waals surface area contributed by atoms with Crippen molar-refractivity contribution in [2.45, 2.75) is 76.9 Å². The predicted molar refractivity (Wildman–Crippen MR) is 156 cm³/mol. The Morgan fingerprint density at radius 3 is 2.45 bits per heavy atom. The van der Waals surface area contributed by atoms with Crippen molar-refractivity contribution < 1.29 is 37.8 Å². The summed E-state index contributed by atoms with van der Waals surface area (Å²) >= 11 is 6.66. The summed E-state index contributed by atoms with van der Waals surface area (Å²) in [7, 11) is 0. The Morgan fingerprint density at radius 2 is 1.81 bits per heavy atom. The van der Waals surface area contributed by atoms with Crippen LogP contribution in [0.1, 0.15) is 63.7 Å². The van der Waals surface area contributed by atoms with E-state index in [0.717, 1.165) is 17.8 Å². The molecule has 0 bridgehead atoms. The number of Topliss-reactive ketones (excluding diaryl/α,β-unsaturated/α-hetero) is 1. The fourth-order valence-electron chi connectivity index (χ4n) is 8.43. The van der Waals surface area contributed by atoms with Gasteiger partial charge in [-0.05, 0) is 74.1 Å². The van der Waals surface area contributed by atoms with Gasteiger partial charge in [0.2, 0.25) is 5.12 Å². The first-order valence-corrected chi connectivity index (χ1v) is 15.7. The molecule has 4 aliphatic carbocycles. The average Bonchev–Trinajstić information content (AvgIpc) is 3.16. The number of esters is 1. The summed E-state index contributed by atoms with van der Waals surface area (Å²) in [5.41, 5.74) is -6.55. The lowest BCUT2D eigenvalue weighted by molar-refractivity contribution is -0.228. The Morgan fingerprint density at radius 1 is 1.14 bits per heavy atom. The van der Waals surface area contributed by atoms with Gasteiger partial charge < -0.3 is 9.84 Å². The van der Waals surface area contributed by atoms with Crippen LogP contribution < -0.4 is 0 Å². The van der Waals surface area contributed by atoms with Gasteiger partial charge in [0.05, 0.1) is 11.9 Å². The van der Waals surface area contributed by atoms with E-state index >= 15 is 8.78 Å². The van der Waals surface area contributed by atoms with Crippen LogP contribution in [0.15, 0.2) is 48.1 Å². The molecule has 1 aromatic carbocycles. The molecular formula is C32H35ClF2O6S. The summed E-state index contributed by atoms with van der Waals surface area (Å²) in [6.07, 6.45) is 0.142. The zero-order valence-corrected chi connectivity index (χ0v) is 25.6. The summed E-state index contributed by atoms with van der Waals surface area (Å²) < 4.78 is 39.4. The molecule has 0 saturated heterocycles. The lowest BCUT2D eigenvalue weighted by Gasteiger charge is -2.63. The van der Waals surface area contributed by atoms with Gasteiger partial charge in [0.15, 0.2) is 22.8 Å². The number of halogens is 3. The number of thioether (sulfide) groups is 1. The second-order valence-corrected chi connectivity index (χ2v) is 14.0. The van der Waals surface area contributed by atoms with Crippen molar-refractivity contribution in [3.05, 3.63) is 58.7 Å². The van der Waals surface area contributed by atoms with Gasteiger partial charge >= 0.3 is 5.97 Å². The van der Waals surface area contributed by atoms with E-state index in [-0.39, 0.29) is 42.8 Å². The van der Waals surface area contributed by atoms with Gasteiger partial charge in [-0.25, -0.2) is 8.78 Å². The van der Waals surface area contributed by atoms with Gasteiger partial charge in [0, 0.05) is 39.7 Å². The summed E-state index contributed by atoms with van der Waals surface area (Å²) in [5.74, 6) is -3.88. The van der Waals surface area contributed by atoms with Crippen molar-refractivity contribution in [1.82, 2.24) is 0 Å². The van der Waals surface area contributed by atoms with E-state index in [1.807, 2.05) is 0 Å². The van der Waals surface area contributed by atoms with Crippen molar-refractivity contribution in [2.75, 3.05) is 5.75 Å². The van der Waals surface area contributed by atoms with E-state index in [9.17, 15) is 24.3 Å². The lowest BCUT2D eigenvalue weighted by atomic mass is 9.44. The molecule has 1 aromatic rings. The minimum Gasteiger partial charge on any atom is -0.449 e. The molecule has 1 N–H and O–H groups in total. The monoisotopic (exact) mass is 620 g/mol. The summed E-state index contributed by atoms with van der Waals surface area (Å²) in [6, 6.07) is 6.26. The SMILES string of the molecule is CCC(=O)O[C@]1(C(=O)SCC(=O)c2ccc(Cl)cc2)[C@@H](C)C[C@H]2[C@@H]3C[C@H](F)C4=CC(=O)C=C[C@]4(C)[C@@]3(F)[C@@H](O)C[C@@]21C. The molecule has 4 aliphatic rings. The van der Waals surface area contributed by atoms with Crippen molar-refractivity contribution >= 4 is 46.0 Å². The van der Waals surface area contributed by atoms with Gasteiger partial charge in [-0.1, -0.05) is 50.2 Å². The van der Waals surface area contributed by atoms with Crippen LogP contribution in [0, 0.1) is 28.6 Å². The van der Waals surface area contributed by atoms with Gasteiger partial charge in [-0.15, -0.1) is 0 Å². The molecule has 9 atom stereocenters. The maximum absolute atomic E-state index is 17.5. The lowest BCUT2D eigenvalue weighted by Crippen LogP contribution is -2.70. The molecule has 0 aliphatic heterocycles. The number of allylic oxidation sites excluding steroid dienone is 4. The van der Waals surface area contributed by atoms with E-state index < -0.39 is 69.0 Å². The van der Waals surface area contributed by atoms with Crippen molar-refractivity contribution in [3.63, 3.8) is 0 Å². The standard InChI is InChI=1S/C32H35ClF2O6S/c1-5-27(39)41-32(28(40)42-16-25(37)18-6-8-19(33)9-7-18)17(2)12-21-22-14-24(34)23-13-20(36)10-11-29(23,3)31(22,35)26(38)15-30(21,32)4/h6-11,13,17,21-22,24,26,38H,5,12,14-16H2,1-4H3/t17-,21-,22-,24-,26-,29-,30-,31-,32-/m0/s1. The molecule has 10 heteroatoms. The molecule has 0 heterocycles. The zero-order chi connectivity index (χ0) is 30.8. The fraction of sp³-hybridized carbons (Fsp3) is 0.562. The number of fused-ring (bicyclic) bond motifs is 5. The first-order valence-electron chi connectivity index (χ1n) is 14.3. The number of carbonyl (C=O) groups excluding carboxylic acids is 4.